The Balaban J connectivity index is 1.92. The van der Waals surface area contributed by atoms with E-state index in [0.29, 0.717) is 6.41 Å². The van der Waals surface area contributed by atoms with E-state index in [1.54, 1.807) is 6.92 Å². The lowest BCUT2D eigenvalue weighted by atomic mass is 10.1. The molecule has 4 aromatic heterocycles. The monoisotopic (exact) mass is 361 g/mol. The Bertz CT molecular complexity index is 1150. The van der Waals surface area contributed by atoms with E-state index in [-0.39, 0.29) is 39.8 Å². The van der Waals surface area contributed by atoms with Crippen LogP contribution in [0.15, 0.2) is 24.5 Å². The summed E-state index contributed by atoms with van der Waals surface area (Å²) in [5.74, 6) is -0.256. The summed E-state index contributed by atoms with van der Waals surface area (Å²) in [5.41, 5.74) is -0.100. The van der Waals surface area contributed by atoms with Crippen LogP contribution in [-0.4, -0.2) is 35.6 Å². The molecule has 0 aliphatic carbocycles. The molecule has 0 spiro atoms. The second-order valence-electron chi connectivity index (χ2n) is 5.45. The van der Waals surface area contributed by atoms with Crippen molar-refractivity contribution in [2.45, 2.75) is 13.3 Å². The first-order valence-electron chi connectivity index (χ1n) is 7.38. The van der Waals surface area contributed by atoms with Crippen molar-refractivity contribution >= 4 is 23.5 Å². The number of fused-ring (bicyclic) bond motifs is 2. The number of carbonyl (C=O) groups excluding carboxylic acids is 1. The molecule has 4 heterocycles. The van der Waals surface area contributed by atoms with Crippen LogP contribution in [0.1, 0.15) is 17.8 Å². The van der Waals surface area contributed by atoms with Crippen LogP contribution in [0.25, 0.3) is 22.6 Å². The van der Waals surface area contributed by atoms with Crippen molar-refractivity contribution in [3.05, 3.63) is 41.7 Å². The first-order chi connectivity index (χ1) is 12.5. The second kappa shape index (κ2) is 5.79. The van der Waals surface area contributed by atoms with Crippen LogP contribution in [-0.2, 0) is 4.79 Å². The van der Waals surface area contributed by atoms with Gasteiger partial charge in [0.15, 0.2) is 22.9 Å². The van der Waals surface area contributed by atoms with Crippen LogP contribution >= 0.6 is 0 Å². The third-order valence-corrected chi connectivity index (χ3v) is 3.69. The summed E-state index contributed by atoms with van der Waals surface area (Å²) in [4.78, 5) is 18.4. The van der Waals surface area contributed by atoms with Crippen molar-refractivity contribution in [3.8, 4) is 11.3 Å². The molecule has 0 aliphatic heterocycles. The molecule has 0 aliphatic rings. The van der Waals surface area contributed by atoms with Crippen molar-refractivity contribution in [1.82, 2.24) is 29.2 Å². The maximum Gasteiger partial charge on any atom is 0.267 e. The molecular weight excluding hydrogens is 351 g/mol. The fourth-order valence-electron chi connectivity index (χ4n) is 2.63. The molecule has 1 N–H and O–H groups in total. The number of rotatable bonds is 4. The first-order valence-corrected chi connectivity index (χ1v) is 7.38. The lowest BCUT2D eigenvalue weighted by molar-refractivity contribution is -0.105. The quantitative estimate of drug-likeness (QED) is 0.564. The average molecular weight is 361 g/mol. The van der Waals surface area contributed by atoms with E-state index in [4.69, 9.17) is 0 Å². The van der Waals surface area contributed by atoms with Crippen molar-refractivity contribution in [1.29, 1.82) is 0 Å². The molecule has 132 valence electrons. The molecule has 26 heavy (non-hydrogen) atoms. The molecule has 0 atom stereocenters. The number of imidazole rings is 1. The van der Waals surface area contributed by atoms with Gasteiger partial charge in [0.25, 0.3) is 6.43 Å². The lowest BCUT2D eigenvalue weighted by Gasteiger charge is -2.07. The minimum absolute atomic E-state index is 0.0233. The van der Waals surface area contributed by atoms with Gasteiger partial charge in [0, 0.05) is 11.8 Å². The third kappa shape index (κ3) is 2.53. The first kappa shape index (κ1) is 16.0. The van der Waals surface area contributed by atoms with E-state index in [1.165, 1.54) is 16.8 Å². The highest BCUT2D eigenvalue weighted by Crippen LogP contribution is 2.28. The Kier molecular flexibility index (Phi) is 3.56. The van der Waals surface area contributed by atoms with Gasteiger partial charge in [-0.25, -0.2) is 23.1 Å². The normalized spacial score (nSPS) is 11.6. The number of nitrogens with one attached hydrogen (secondary N) is 1. The van der Waals surface area contributed by atoms with E-state index in [0.717, 1.165) is 16.8 Å². The lowest BCUT2D eigenvalue weighted by Crippen LogP contribution is -2.02. The summed E-state index contributed by atoms with van der Waals surface area (Å²) >= 11 is 0. The van der Waals surface area contributed by atoms with E-state index in [1.807, 2.05) is 0 Å². The molecule has 11 heteroatoms. The summed E-state index contributed by atoms with van der Waals surface area (Å²) in [7, 11) is 0. The minimum atomic E-state index is -2.80. The van der Waals surface area contributed by atoms with Gasteiger partial charge in [-0.05, 0) is 19.1 Å². The fraction of sp³-hybridized carbons (Fsp3) is 0.133. The zero-order valence-corrected chi connectivity index (χ0v) is 13.2. The molecule has 4 aromatic rings. The molecule has 0 radical (unpaired) electrons. The molecule has 4 rings (SSSR count). The molecule has 0 unspecified atom stereocenters. The molecule has 1 amide bonds. The number of carbonyl (C=O) groups is 1. The summed E-state index contributed by atoms with van der Waals surface area (Å²) in [6.45, 7) is 1.56. The number of anilines is 1. The summed E-state index contributed by atoms with van der Waals surface area (Å²) in [5, 5.41) is 10.4. The maximum atomic E-state index is 14.4. The van der Waals surface area contributed by atoms with Gasteiger partial charge in [-0.1, -0.05) is 0 Å². The van der Waals surface area contributed by atoms with Crippen LogP contribution in [0.2, 0.25) is 0 Å². The van der Waals surface area contributed by atoms with Crippen molar-refractivity contribution in [2.75, 3.05) is 5.32 Å². The van der Waals surface area contributed by atoms with Gasteiger partial charge >= 0.3 is 0 Å². The number of hydrogen-bond donors (Lipinski definition) is 1. The van der Waals surface area contributed by atoms with Gasteiger partial charge in [0.05, 0.1) is 17.5 Å². The standard InChI is InChI=1S/C15H10F3N7O/c1-7-20-14-9(13(17)18)3-11(23-25(14)22-7)8-2-10(16)15-21-12(19-6-26)5-24(15)4-8/h2-6,13H,1H3,(H,19,26). The van der Waals surface area contributed by atoms with Crippen LogP contribution in [0, 0.1) is 12.7 Å². The van der Waals surface area contributed by atoms with Gasteiger partial charge < -0.3 is 9.72 Å². The fourth-order valence-corrected chi connectivity index (χ4v) is 2.63. The van der Waals surface area contributed by atoms with Gasteiger partial charge in [0.2, 0.25) is 6.41 Å². The molecule has 0 saturated heterocycles. The van der Waals surface area contributed by atoms with Gasteiger partial charge in [0.1, 0.15) is 5.82 Å². The Hall–Kier alpha value is -3.50. The van der Waals surface area contributed by atoms with Gasteiger partial charge in [-0.3, -0.25) is 4.79 Å². The van der Waals surface area contributed by atoms with Crippen molar-refractivity contribution in [2.24, 2.45) is 0 Å². The van der Waals surface area contributed by atoms with Crippen LogP contribution in [0.5, 0.6) is 0 Å². The third-order valence-electron chi connectivity index (χ3n) is 3.69. The molecular formula is C15H10F3N7O. The smallest absolute Gasteiger partial charge is 0.267 e. The molecule has 0 fully saturated rings. The number of aryl methyl sites for hydroxylation is 1. The predicted octanol–water partition coefficient (Wildman–Crippen LogP) is 2.39. The summed E-state index contributed by atoms with van der Waals surface area (Å²) in [6.07, 6.45) is 0.475. The van der Waals surface area contributed by atoms with Crippen LogP contribution in [0.4, 0.5) is 19.0 Å². The predicted molar refractivity (Wildman–Crippen MR) is 84.3 cm³/mol. The molecule has 0 aromatic carbocycles. The highest BCUT2D eigenvalue weighted by Gasteiger charge is 2.19. The Morgan fingerprint density at radius 1 is 1.15 bits per heavy atom. The minimum Gasteiger partial charge on any atom is -0.312 e. The average Bonchev–Trinajstić information content (AvgIpc) is 3.16. The topological polar surface area (TPSA) is 89.5 Å². The molecule has 0 bridgehead atoms. The number of alkyl halides is 2. The number of aromatic nitrogens is 6. The van der Waals surface area contributed by atoms with Crippen molar-refractivity contribution in [3.63, 3.8) is 0 Å². The zero-order chi connectivity index (χ0) is 18.4. The number of pyridine rings is 1. The van der Waals surface area contributed by atoms with Gasteiger partial charge in [-0.2, -0.15) is 0 Å². The van der Waals surface area contributed by atoms with Crippen molar-refractivity contribution < 1.29 is 18.0 Å². The zero-order valence-electron chi connectivity index (χ0n) is 13.2. The van der Waals surface area contributed by atoms with E-state index < -0.39 is 12.2 Å². The molecule has 8 nitrogen and oxygen atoms in total. The Morgan fingerprint density at radius 3 is 2.69 bits per heavy atom. The number of halogens is 3. The van der Waals surface area contributed by atoms with E-state index in [2.05, 4.69) is 25.5 Å². The number of amides is 1. The van der Waals surface area contributed by atoms with Gasteiger partial charge in [-0.15, -0.1) is 14.8 Å². The Morgan fingerprint density at radius 2 is 1.96 bits per heavy atom. The van der Waals surface area contributed by atoms with E-state index >= 15 is 0 Å². The summed E-state index contributed by atoms with van der Waals surface area (Å²) < 4.78 is 43.5. The van der Waals surface area contributed by atoms with Crippen LogP contribution < -0.4 is 5.32 Å². The number of nitrogens with zero attached hydrogens (tertiary/aromatic N) is 6. The highest BCUT2D eigenvalue weighted by molar-refractivity contribution is 5.71. The largest absolute Gasteiger partial charge is 0.312 e. The summed E-state index contributed by atoms with van der Waals surface area (Å²) in [6, 6.07) is 2.27. The SMILES string of the molecule is Cc1nc2c(C(F)F)cc(-c3cc(F)c4nc(NC=O)cn4c3)nn2n1. The maximum absolute atomic E-state index is 14.4. The molecule has 0 saturated carbocycles. The second-order valence-corrected chi connectivity index (χ2v) is 5.45. The number of hydrogen-bond acceptors (Lipinski definition) is 5. The highest BCUT2D eigenvalue weighted by atomic mass is 19.3. The Labute approximate surface area is 143 Å². The van der Waals surface area contributed by atoms with E-state index in [9.17, 15) is 18.0 Å². The van der Waals surface area contributed by atoms with Crippen LogP contribution in [0.3, 0.4) is 0 Å².